The summed E-state index contributed by atoms with van der Waals surface area (Å²) in [5, 5.41) is 1.99. The second kappa shape index (κ2) is 6.15. The first kappa shape index (κ1) is 16.1. The summed E-state index contributed by atoms with van der Waals surface area (Å²) in [6.07, 6.45) is 2.01. The van der Waals surface area contributed by atoms with E-state index in [4.69, 9.17) is 0 Å². The summed E-state index contributed by atoms with van der Waals surface area (Å²) < 4.78 is 31.1. The minimum atomic E-state index is -3.57. The molecule has 0 aliphatic carbocycles. The molecule has 4 nitrogen and oxygen atoms in total. The Balaban J connectivity index is 1.83. The van der Waals surface area contributed by atoms with Crippen molar-refractivity contribution in [3.8, 4) is 0 Å². The van der Waals surface area contributed by atoms with Gasteiger partial charge in [-0.15, -0.1) is 11.3 Å². The number of nitrogens with zero attached hydrogens (tertiary/aromatic N) is 2. The molecular formula is C17H15BrN2O2S2. The Morgan fingerprint density at radius 2 is 1.83 bits per heavy atom. The second-order valence-corrected chi connectivity index (χ2v) is 9.40. The molecule has 1 atom stereocenters. The summed E-state index contributed by atoms with van der Waals surface area (Å²) in [5.74, 6) is 0. The minimum Gasteiger partial charge on any atom is -0.348 e. The molecule has 4 rings (SSSR count). The van der Waals surface area contributed by atoms with E-state index in [1.165, 1.54) is 0 Å². The Morgan fingerprint density at radius 3 is 2.54 bits per heavy atom. The van der Waals surface area contributed by atoms with E-state index in [1.54, 1.807) is 39.9 Å². The van der Waals surface area contributed by atoms with Gasteiger partial charge >= 0.3 is 0 Å². The molecule has 24 heavy (non-hydrogen) atoms. The third kappa shape index (κ3) is 2.65. The number of rotatable bonds is 3. The van der Waals surface area contributed by atoms with E-state index in [-0.39, 0.29) is 6.04 Å². The molecule has 0 spiro atoms. The Kier molecular flexibility index (Phi) is 4.12. The fraction of sp³-hybridized carbons (Fsp3) is 0.176. The van der Waals surface area contributed by atoms with Crippen LogP contribution in [0.1, 0.15) is 16.6 Å². The number of benzene rings is 1. The van der Waals surface area contributed by atoms with Crippen molar-refractivity contribution in [2.24, 2.45) is 0 Å². The smallest absolute Gasteiger partial charge is 0.244 e. The molecule has 0 N–H and O–H groups in total. The van der Waals surface area contributed by atoms with Crippen molar-refractivity contribution in [2.45, 2.75) is 17.5 Å². The summed E-state index contributed by atoms with van der Waals surface area (Å²) in [4.78, 5) is 1.36. The number of hydrogen-bond donors (Lipinski definition) is 0. The number of halogens is 1. The van der Waals surface area contributed by atoms with Crippen LogP contribution in [-0.4, -0.2) is 23.8 Å². The van der Waals surface area contributed by atoms with Crippen LogP contribution in [0.4, 0.5) is 0 Å². The highest BCUT2D eigenvalue weighted by molar-refractivity contribution is 9.10. The van der Waals surface area contributed by atoms with Crippen LogP contribution < -0.4 is 0 Å². The van der Waals surface area contributed by atoms with Gasteiger partial charge in [-0.3, -0.25) is 0 Å². The summed E-state index contributed by atoms with van der Waals surface area (Å²) in [6.45, 7) is 1.13. The van der Waals surface area contributed by atoms with E-state index in [9.17, 15) is 8.42 Å². The third-order valence-electron chi connectivity index (χ3n) is 4.23. The quantitative estimate of drug-likeness (QED) is 0.637. The SMILES string of the molecule is O=S(=O)(c1ccc(Br)cc1)N1CCn2cccc2C1c1cccs1. The van der Waals surface area contributed by atoms with E-state index in [0.717, 1.165) is 15.0 Å². The molecule has 0 radical (unpaired) electrons. The van der Waals surface area contributed by atoms with Gasteiger partial charge in [0.2, 0.25) is 10.0 Å². The molecule has 2 aromatic heterocycles. The molecule has 1 aromatic carbocycles. The summed E-state index contributed by atoms with van der Waals surface area (Å²) in [7, 11) is -3.57. The molecular weight excluding hydrogens is 408 g/mol. The Morgan fingerprint density at radius 1 is 1.04 bits per heavy atom. The minimum absolute atomic E-state index is 0.276. The van der Waals surface area contributed by atoms with Gasteiger partial charge in [0, 0.05) is 34.3 Å². The number of fused-ring (bicyclic) bond motifs is 1. The topological polar surface area (TPSA) is 42.3 Å². The highest BCUT2D eigenvalue weighted by Gasteiger charge is 2.37. The van der Waals surface area contributed by atoms with Gasteiger partial charge in [0.1, 0.15) is 0 Å². The molecule has 1 aliphatic heterocycles. The lowest BCUT2D eigenvalue weighted by Gasteiger charge is -2.35. The lowest BCUT2D eigenvalue weighted by molar-refractivity contribution is 0.301. The zero-order chi connectivity index (χ0) is 16.7. The van der Waals surface area contributed by atoms with Crippen LogP contribution in [-0.2, 0) is 16.6 Å². The highest BCUT2D eigenvalue weighted by Crippen LogP contribution is 2.38. The molecule has 0 amide bonds. The van der Waals surface area contributed by atoms with Crippen LogP contribution in [0.2, 0.25) is 0 Å². The number of aromatic nitrogens is 1. The van der Waals surface area contributed by atoms with Crippen molar-refractivity contribution < 1.29 is 8.42 Å². The van der Waals surface area contributed by atoms with Gasteiger partial charge < -0.3 is 4.57 Å². The first-order valence-electron chi connectivity index (χ1n) is 7.53. The maximum atomic E-state index is 13.2. The van der Waals surface area contributed by atoms with Crippen LogP contribution in [0.15, 0.2) is 69.5 Å². The van der Waals surface area contributed by atoms with Crippen LogP contribution >= 0.6 is 27.3 Å². The van der Waals surface area contributed by atoms with E-state index in [0.29, 0.717) is 18.0 Å². The molecule has 124 valence electrons. The van der Waals surface area contributed by atoms with Crippen LogP contribution in [0.3, 0.4) is 0 Å². The molecule has 7 heteroatoms. The van der Waals surface area contributed by atoms with Crippen molar-refractivity contribution in [1.29, 1.82) is 0 Å². The molecule has 1 aliphatic rings. The van der Waals surface area contributed by atoms with Crippen molar-refractivity contribution in [3.63, 3.8) is 0 Å². The fourth-order valence-corrected chi connectivity index (χ4v) is 5.85. The normalized spacial score (nSPS) is 18.5. The first-order chi connectivity index (χ1) is 11.6. The number of sulfonamides is 1. The molecule has 0 saturated carbocycles. The van der Waals surface area contributed by atoms with E-state index in [2.05, 4.69) is 20.5 Å². The molecule has 3 heterocycles. The molecule has 1 unspecified atom stereocenters. The molecule has 0 bridgehead atoms. The van der Waals surface area contributed by atoms with Crippen molar-refractivity contribution in [1.82, 2.24) is 8.87 Å². The summed E-state index contributed by atoms with van der Waals surface area (Å²) >= 11 is 4.94. The maximum absolute atomic E-state index is 13.2. The standard InChI is InChI=1S/C17H15BrN2O2S2/c18-13-5-7-14(8-6-13)24(21,22)20-11-10-19-9-1-3-15(19)17(20)16-4-2-12-23-16/h1-9,12,17H,10-11H2. The van der Waals surface area contributed by atoms with Gasteiger partial charge in [-0.1, -0.05) is 22.0 Å². The van der Waals surface area contributed by atoms with Gasteiger partial charge in [-0.05, 0) is 47.8 Å². The number of thiophene rings is 1. The van der Waals surface area contributed by atoms with E-state index in [1.807, 2.05) is 35.8 Å². The predicted octanol–water partition coefficient (Wildman–Crippen LogP) is 4.11. The Hall–Kier alpha value is -1.41. The Bertz CT molecular complexity index is 947. The zero-order valence-electron chi connectivity index (χ0n) is 12.7. The van der Waals surface area contributed by atoms with Gasteiger partial charge in [0.15, 0.2) is 0 Å². The van der Waals surface area contributed by atoms with Crippen molar-refractivity contribution in [3.05, 3.63) is 75.2 Å². The van der Waals surface area contributed by atoms with E-state index >= 15 is 0 Å². The maximum Gasteiger partial charge on any atom is 0.244 e. The van der Waals surface area contributed by atoms with Crippen LogP contribution in [0.25, 0.3) is 0 Å². The second-order valence-electron chi connectivity index (χ2n) is 5.61. The Labute approximate surface area is 153 Å². The van der Waals surface area contributed by atoms with Crippen LogP contribution in [0, 0.1) is 0 Å². The average molecular weight is 423 g/mol. The van der Waals surface area contributed by atoms with Gasteiger partial charge in [-0.2, -0.15) is 4.31 Å². The van der Waals surface area contributed by atoms with Crippen molar-refractivity contribution >= 4 is 37.3 Å². The van der Waals surface area contributed by atoms with E-state index < -0.39 is 10.0 Å². The van der Waals surface area contributed by atoms with Gasteiger partial charge in [0.05, 0.1) is 10.9 Å². The molecule has 0 fully saturated rings. The largest absolute Gasteiger partial charge is 0.348 e. The first-order valence-corrected chi connectivity index (χ1v) is 10.6. The zero-order valence-corrected chi connectivity index (χ0v) is 15.9. The summed E-state index contributed by atoms with van der Waals surface area (Å²) in [6, 6.07) is 14.5. The summed E-state index contributed by atoms with van der Waals surface area (Å²) in [5.41, 5.74) is 1.02. The lowest BCUT2D eigenvalue weighted by Crippen LogP contribution is -2.42. The number of hydrogen-bond acceptors (Lipinski definition) is 3. The van der Waals surface area contributed by atoms with Gasteiger partial charge in [-0.25, -0.2) is 8.42 Å². The monoisotopic (exact) mass is 422 g/mol. The average Bonchev–Trinajstić information content (AvgIpc) is 3.25. The van der Waals surface area contributed by atoms with Crippen molar-refractivity contribution in [2.75, 3.05) is 6.54 Å². The predicted molar refractivity (Wildman–Crippen MR) is 98.6 cm³/mol. The lowest BCUT2D eigenvalue weighted by atomic mass is 10.1. The van der Waals surface area contributed by atoms with Crippen LogP contribution in [0.5, 0.6) is 0 Å². The molecule has 0 saturated heterocycles. The van der Waals surface area contributed by atoms with Gasteiger partial charge in [0.25, 0.3) is 0 Å². The highest BCUT2D eigenvalue weighted by atomic mass is 79.9. The third-order valence-corrected chi connectivity index (χ3v) is 7.56. The fourth-order valence-electron chi connectivity index (χ4n) is 3.10. The molecule has 3 aromatic rings.